The van der Waals surface area contributed by atoms with E-state index < -0.39 is 0 Å². The summed E-state index contributed by atoms with van der Waals surface area (Å²) < 4.78 is 5.26. The number of hydrogen-bond donors (Lipinski definition) is 1. The number of rotatable bonds is 5. The van der Waals surface area contributed by atoms with Crippen molar-refractivity contribution in [2.75, 3.05) is 30.8 Å². The van der Waals surface area contributed by atoms with E-state index >= 15 is 0 Å². The van der Waals surface area contributed by atoms with E-state index in [1.807, 2.05) is 18.2 Å². The summed E-state index contributed by atoms with van der Waals surface area (Å²) in [6.45, 7) is 6.04. The van der Waals surface area contributed by atoms with Crippen LogP contribution in [-0.2, 0) is 4.74 Å². The molecule has 0 bridgehead atoms. The van der Waals surface area contributed by atoms with Crippen molar-refractivity contribution in [3.05, 3.63) is 24.3 Å². The maximum Gasteiger partial charge on any atom is 0.0718 e. The fourth-order valence-corrected chi connectivity index (χ4v) is 1.52. The van der Waals surface area contributed by atoms with Crippen LogP contribution >= 0.6 is 0 Å². The lowest BCUT2D eigenvalue weighted by Gasteiger charge is -2.26. The summed E-state index contributed by atoms with van der Waals surface area (Å²) in [5.41, 5.74) is 7.71. The van der Waals surface area contributed by atoms with Crippen LogP contribution in [0.2, 0.25) is 0 Å². The summed E-state index contributed by atoms with van der Waals surface area (Å²) in [5, 5.41) is 0. The second-order valence-electron chi connectivity index (χ2n) is 3.68. The standard InChI is InChI=1S/C12H20N2O/c1-4-14(9-10(2)15-3)12-7-5-6-11(13)8-12/h5-8,10H,4,9,13H2,1-3H3. The average molecular weight is 208 g/mol. The Balaban J connectivity index is 2.73. The molecule has 3 heteroatoms. The first-order valence-corrected chi connectivity index (χ1v) is 5.30. The molecule has 84 valence electrons. The van der Waals surface area contributed by atoms with Gasteiger partial charge in [0.25, 0.3) is 0 Å². The van der Waals surface area contributed by atoms with Gasteiger partial charge in [-0.3, -0.25) is 0 Å². The van der Waals surface area contributed by atoms with Crippen molar-refractivity contribution in [1.29, 1.82) is 0 Å². The summed E-state index contributed by atoms with van der Waals surface area (Å²) in [7, 11) is 1.73. The quantitative estimate of drug-likeness (QED) is 0.753. The Morgan fingerprint density at radius 1 is 1.47 bits per heavy atom. The molecular formula is C12H20N2O. The summed E-state index contributed by atoms with van der Waals surface area (Å²) in [6.07, 6.45) is 0.228. The summed E-state index contributed by atoms with van der Waals surface area (Å²) in [4.78, 5) is 2.25. The molecule has 2 N–H and O–H groups in total. The smallest absolute Gasteiger partial charge is 0.0718 e. The van der Waals surface area contributed by atoms with E-state index in [0.29, 0.717) is 0 Å². The van der Waals surface area contributed by atoms with Gasteiger partial charge in [0.05, 0.1) is 6.10 Å². The number of anilines is 2. The molecule has 0 saturated carbocycles. The van der Waals surface area contributed by atoms with Crippen molar-refractivity contribution in [1.82, 2.24) is 0 Å². The van der Waals surface area contributed by atoms with Crippen molar-refractivity contribution in [3.63, 3.8) is 0 Å². The minimum Gasteiger partial charge on any atom is -0.399 e. The monoisotopic (exact) mass is 208 g/mol. The first kappa shape index (κ1) is 11.9. The molecule has 0 aliphatic heterocycles. The summed E-state index contributed by atoms with van der Waals surface area (Å²) in [5.74, 6) is 0. The maximum absolute atomic E-state index is 5.76. The molecule has 0 aliphatic carbocycles. The van der Waals surface area contributed by atoms with Gasteiger partial charge in [-0.25, -0.2) is 0 Å². The number of benzene rings is 1. The lowest BCUT2D eigenvalue weighted by atomic mass is 10.2. The number of likely N-dealkylation sites (N-methyl/N-ethyl adjacent to an activating group) is 1. The van der Waals surface area contributed by atoms with Crippen LogP contribution in [0.25, 0.3) is 0 Å². The SMILES string of the molecule is CCN(CC(C)OC)c1cccc(N)c1. The number of hydrogen-bond acceptors (Lipinski definition) is 3. The predicted molar refractivity (Wildman–Crippen MR) is 65.2 cm³/mol. The highest BCUT2D eigenvalue weighted by Gasteiger charge is 2.08. The molecule has 1 atom stereocenters. The normalized spacial score (nSPS) is 12.5. The fourth-order valence-electron chi connectivity index (χ4n) is 1.52. The van der Waals surface area contributed by atoms with Crippen LogP contribution in [-0.4, -0.2) is 26.3 Å². The van der Waals surface area contributed by atoms with E-state index in [1.54, 1.807) is 7.11 Å². The van der Waals surface area contributed by atoms with E-state index in [0.717, 1.165) is 24.5 Å². The van der Waals surface area contributed by atoms with Crippen molar-refractivity contribution in [3.8, 4) is 0 Å². The zero-order valence-corrected chi connectivity index (χ0v) is 9.73. The van der Waals surface area contributed by atoms with E-state index in [9.17, 15) is 0 Å². The molecule has 1 rings (SSSR count). The molecule has 0 spiro atoms. The maximum atomic E-state index is 5.76. The molecule has 0 saturated heterocycles. The van der Waals surface area contributed by atoms with Gasteiger partial charge in [0.1, 0.15) is 0 Å². The Labute approximate surface area is 91.8 Å². The molecule has 1 unspecified atom stereocenters. The van der Waals surface area contributed by atoms with Crippen molar-refractivity contribution in [2.45, 2.75) is 20.0 Å². The zero-order chi connectivity index (χ0) is 11.3. The van der Waals surface area contributed by atoms with Gasteiger partial charge in [-0.15, -0.1) is 0 Å². The molecule has 0 fully saturated rings. The first-order valence-electron chi connectivity index (χ1n) is 5.30. The second-order valence-corrected chi connectivity index (χ2v) is 3.68. The largest absolute Gasteiger partial charge is 0.399 e. The van der Waals surface area contributed by atoms with Gasteiger partial charge < -0.3 is 15.4 Å². The predicted octanol–water partition coefficient (Wildman–Crippen LogP) is 2.13. The van der Waals surface area contributed by atoms with Gasteiger partial charge in [0.15, 0.2) is 0 Å². The van der Waals surface area contributed by atoms with Crippen molar-refractivity contribution >= 4 is 11.4 Å². The minimum absolute atomic E-state index is 0.228. The molecule has 0 heterocycles. The van der Waals surface area contributed by atoms with Gasteiger partial charge >= 0.3 is 0 Å². The van der Waals surface area contributed by atoms with E-state index in [4.69, 9.17) is 10.5 Å². The van der Waals surface area contributed by atoms with Gasteiger partial charge in [-0.2, -0.15) is 0 Å². The van der Waals surface area contributed by atoms with Gasteiger partial charge in [-0.05, 0) is 32.0 Å². The highest BCUT2D eigenvalue weighted by Crippen LogP contribution is 2.17. The third-order valence-electron chi connectivity index (χ3n) is 2.50. The van der Waals surface area contributed by atoms with Crippen LogP contribution in [0, 0.1) is 0 Å². The molecule has 1 aromatic carbocycles. The number of methoxy groups -OCH3 is 1. The van der Waals surface area contributed by atoms with Crippen LogP contribution in [0.15, 0.2) is 24.3 Å². The lowest BCUT2D eigenvalue weighted by molar-refractivity contribution is 0.123. The van der Waals surface area contributed by atoms with E-state index in [2.05, 4.69) is 24.8 Å². The molecule has 0 aliphatic rings. The molecule has 1 aromatic rings. The molecule has 3 nitrogen and oxygen atoms in total. The Hall–Kier alpha value is -1.22. The molecule has 0 amide bonds. The number of nitrogens with zero attached hydrogens (tertiary/aromatic N) is 1. The highest BCUT2D eigenvalue weighted by molar-refractivity contribution is 5.55. The molecule has 0 radical (unpaired) electrons. The summed E-state index contributed by atoms with van der Waals surface area (Å²) in [6, 6.07) is 7.94. The van der Waals surface area contributed by atoms with Crippen molar-refractivity contribution < 1.29 is 4.74 Å². The van der Waals surface area contributed by atoms with Gasteiger partial charge in [-0.1, -0.05) is 6.07 Å². The third-order valence-corrected chi connectivity index (χ3v) is 2.50. The summed E-state index contributed by atoms with van der Waals surface area (Å²) >= 11 is 0. The van der Waals surface area contributed by atoms with Crippen LogP contribution in [0.4, 0.5) is 11.4 Å². The highest BCUT2D eigenvalue weighted by atomic mass is 16.5. The lowest BCUT2D eigenvalue weighted by Crippen LogP contribution is -2.31. The molecule has 0 aromatic heterocycles. The third kappa shape index (κ3) is 3.44. The first-order chi connectivity index (χ1) is 7.17. The second kappa shape index (κ2) is 5.61. The molecular weight excluding hydrogens is 188 g/mol. The Bertz CT molecular complexity index is 301. The van der Waals surface area contributed by atoms with Crippen LogP contribution in [0.1, 0.15) is 13.8 Å². The van der Waals surface area contributed by atoms with Crippen LogP contribution < -0.4 is 10.6 Å². The van der Waals surface area contributed by atoms with E-state index in [-0.39, 0.29) is 6.10 Å². The van der Waals surface area contributed by atoms with Crippen molar-refractivity contribution in [2.24, 2.45) is 0 Å². The van der Waals surface area contributed by atoms with Gasteiger partial charge in [0, 0.05) is 31.6 Å². The number of ether oxygens (including phenoxy) is 1. The average Bonchev–Trinajstić information content (AvgIpc) is 2.25. The molecule has 15 heavy (non-hydrogen) atoms. The number of nitrogens with two attached hydrogens (primary N) is 1. The van der Waals surface area contributed by atoms with Crippen LogP contribution in [0.5, 0.6) is 0 Å². The number of nitrogen functional groups attached to an aromatic ring is 1. The Morgan fingerprint density at radius 2 is 2.20 bits per heavy atom. The topological polar surface area (TPSA) is 38.5 Å². The Kier molecular flexibility index (Phi) is 4.43. The Morgan fingerprint density at radius 3 is 2.73 bits per heavy atom. The fraction of sp³-hybridized carbons (Fsp3) is 0.500. The van der Waals surface area contributed by atoms with Crippen LogP contribution in [0.3, 0.4) is 0 Å². The van der Waals surface area contributed by atoms with Gasteiger partial charge in [0.2, 0.25) is 0 Å². The minimum atomic E-state index is 0.228. The van der Waals surface area contributed by atoms with E-state index in [1.165, 1.54) is 0 Å². The zero-order valence-electron chi connectivity index (χ0n) is 9.73.